The van der Waals surface area contributed by atoms with Crippen molar-refractivity contribution in [1.82, 2.24) is 4.98 Å². The van der Waals surface area contributed by atoms with Gasteiger partial charge < -0.3 is 0 Å². The van der Waals surface area contributed by atoms with Gasteiger partial charge in [-0.25, -0.2) is 0 Å². The number of pyridine rings is 1. The molecule has 18 heavy (non-hydrogen) atoms. The second kappa shape index (κ2) is 4.63. The highest BCUT2D eigenvalue weighted by molar-refractivity contribution is 9.11. The molecular formula is C14H8BrNOS. The minimum atomic E-state index is 0.0231. The lowest BCUT2D eigenvalue weighted by Gasteiger charge is -2.02. The van der Waals surface area contributed by atoms with E-state index in [1.165, 1.54) is 11.3 Å². The molecule has 1 aromatic carbocycles. The van der Waals surface area contributed by atoms with Gasteiger partial charge in [0.1, 0.15) is 0 Å². The number of carbonyl (C=O) groups excluding carboxylic acids is 1. The average molecular weight is 318 g/mol. The Bertz CT molecular complexity index is 730. The number of aromatic nitrogens is 1. The molecule has 0 aliphatic heterocycles. The maximum absolute atomic E-state index is 12.4. The molecule has 0 saturated heterocycles. The second-order valence-corrected chi connectivity index (χ2v) is 6.28. The van der Waals surface area contributed by atoms with Gasteiger partial charge in [0.05, 0.1) is 14.2 Å². The van der Waals surface area contributed by atoms with Gasteiger partial charge >= 0.3 is 0 Å². The summed E-state index contributed by atoms with van der Waals surface area (Å²) < 4.78 is 0.957. The minimum absolute atomic E-state index is 0.0231. The first-order chi connectivity index (χ1) is 8.75. The number of hydrogen-bond donors (Lipinski definition) is 0. The molecule has 0 bridgehead atoms. The Morgan fingerprint density at radius 3 is 2.72 bits per heavy atom. The Morgan fingerprint density at radius 2 is 1.94 bits per heavy atom. The number of rotatable bonds is 2. The van der Waals surface area contributed by atoms with E-state index in [1.807, 2.05) is 42.5 Å². The average Bonchev–Trinajstić information content (AvgIpc) is 2.84. The molecule has 0 amide bonds. The van der Waals surface area contributed by atoms with Gasteiger partial charge in [0, 0.05) is 17.1 Å². The van der Waals surface area contributed by atoms with Crippen LogP contribution in [-0.4, -0.2) is 10.8 Å². The summed E-state index contributed by atoms with van der Waals surface area (Å²) in [4.78, 5) is 17.5. The number of para-hydroxylation sites is 1. The van der Waals surface area contributed by atoms with Crippen LogP contribution in [0.1, 0.15) is 15.2 Å². The van der Waals surface area contributed by atoms with Crippen molar-refractivity contribution in [2.24, 2.45) is 0 Å². The molecule has 2 heterocycles. The standard InChI is InChI=1S/C14H8BrNOS/c15-12-7-6-11(18-12)14(17)10-5-1-3-9-4-2-8-16-13(9)10/h1-8H. The third-order valence-corrected chi connectivity index (χ3v) is 4.30. The van der Waals surface area contributed by atoms with E-state index in [-0.39, 0.29) is 5.78 Å². The molecule has 3 rings (SSSR count). The van der Waals surface area contributed by atoms with Gasteiger partial charge in [0.2, 0.25) is 5.78 Å². The monoisotopic (exact) mass is 317 g/mol. The molecule has 2 aromatic heterocycles. The van der Waals surface area contributed by atoms with Crippen LogP contribution in [0.15, 0.2) is 52.4 Å². The molecule has 0 aliphatic rings. The molecule has 0 saturated carbocycles. The van der Waals surface area contributed by atoms with Gasteiger partial charge in [-0.05, 0) is 40.2 Å². The number of hydrogen-bond acceptors (Lipinski definition) is 3. The zero-order valence-corrected chi connectivity index (χ0v) is 11.7. The Morgan fingerprint density at radius 1 is 1.11 bits per heavy atom. The van der Waals surface area contributed by atoms with Crippen LogP contribution in [0.2, 0.25) is 0 Å². The first-order valence-electron chi connectivity index (χ1n) is 5.39. The fraction of sp³-hybridized carbons (Fsp3) is 0. The lowest BCUT2D eigenvalue weighted by molar-refractivity contribution is 0.104. The van der Waals surface area contributed by atoms with Gasteiger partial charge in [-0.15, -0.1) is 11.3 Å². The van der Waals surface area contributed by atoms with Crippen molar-refractivity contribution in [2.45, 2.75) is 0 Å². The van der Waals surface area contributed by atoms with E-state index >= 15 is 0 Å². The number of thiophene rings is 1. The van der Waals surface area contributed by atoms with Crippen molar-refractivity contribution in [3.05, 3.63) is 62.9 Å². The summed E-state index contributed by atoms with van der Waals surface area (Å²) in [5.74, 6) is 0.0231. The third-order valence-electron chi connectivity index (χ3n) is 2.67. The van der Waals surface area contributed by atoms with Crippen molar-refractivity contribution in [3.63, 3.8) is 0 Å². The lowest BCUT2D eigenvalue weighted by atomic mass is 10.1. The van der Waals surface area contributed by atoms with Crippen LogP contribution in [0, 0.1) is 0 Å². The van der Waals surface area contributed by atoms with Crippen molar-refractivity contribution in [1.29, 1.82) is 0 Å². The SMILES string of the molecule is O=C(c1ccc(Br)s1)c1cccc2cccnc12. The zero-order valence-electron chi connectivity index (χ0n) is 9.26. The van der Waals surface area contributed by atoms with Crippen LogP contribution in [-0.2, 0) is 0 Å². The Labute approximate surface area is 116 Å². The topological polar surface area (TPSA) is 30.0 Å². The first-order valence-corrected chi connectivity index (χ1v) is 7.00. The largest absolute Gasteiger partial charge is 0.288 e. The third kappa shape index (κ3) is 1.98. The summed E-state index contributed by atoms with van der Waals surface area (Å²) >= 11 is 4.81. The molecule has 88 valence electrons. The van der Waals surface area contributed by atoms with Gasteiger partial charge in [-0.2, -0.15) is 0 Å². The number of carbonyl (C=O) groups is 1. The van der Waals surface area contributed by atoms with E-state index in [1.54, 1.807) is 6.20 Å². The molecule has 0 unspecified atom stereocenters. The maximum atomic E-state index is 12.4. The Kier molecular flexibility index (Phi) is 2.97. The predicted octanol–water partition coefficient (Wildman–Crippen LogP) is 4.29. The quantitative estimate of drug-likeness (QED) is 0.660. The number of ketones is 1. The van der Waals surface area contributed by atoms with Crippen molar-refractivity contribution in [3.8, 4) is 0 Å². The maximum Gasteiger partial charge on any atom is 0.205 e. The predicted molar refractivity (Wildman–Crippen MR) is 77.2 cm³/mol. The summed E-state index contributed by atoms with van der Waals surface area (Å²) in [6.45, 7) is 0. The minimum Gasteiger partial charge on any atom is -0.288 e. The number of nitrogens with zero attached hydrogens (tertiary/aromatic N) is 1. The summed E-state index contributed by atoms with van der Waals surface area (Å²) in [7, 11) is 0. The van der Waals surface area contributed by atoms with Crippen molar-refractivity contribution >= 4 is 44.0 Å². The normalized spacial score (nSPS) is 10.7. The van der Waals surface area contributed by atoms with E-state index in [0.29, 0.717) is 5.56 Å². The molecule has 4 heteroatoms. The molecular weight excluding hydrogens is 310 g/mol. The highest BCUT2D eigenvalue weighted by Crippen LogP contribution is 2.26. The van der Waals surface area contributed by atoms with Crippen molar-refractivity contribution in [2.75, 3.05) is 0 Å². The fourth-order valence-electron chi connectivity index (χ4n) is 1.86. The Hall–Kier alpha value is -1.52. The van der Waals surface area contributed by atoms with E-state index in [0.717, 1.165) is 19.6 Å². The summed E-state index contributed by atoms with van der Waals surface area (Å²) in [5.41, 5.74) is 1.41. The van der Waals surface area contributed by atoms with Crippen LogP contribution < -0.4 is 0 Å². The summed E-state index contributed by atoms with van der Waals surface area (Å²) in [6.07, 6.45) is 1.71. The van der Waals surface area contributed by atoms with Crippen molar-refractivity contribution < 1.29 is 4.79 Å². The molecule has 0 spiro atoms. The van der Waals surface area contributed by atoms with Crippen LogP contribution in [0.3, 0.4) is 0 Å². The first kappa shape index (κ1) is 11.6. The molecule has 0 aliphatic carbocycles. The van der Waals surface area contributed by atoms with Gasteiger partial charge in [0.25, 0.3) is 0 Å². The second-order valence-electron chi connectivity index (χ2n) is 3.81. The Balaban J connectivity index is 2.17. The van der Waals surface area contributed by atoms with Gasteiger partial charge in [-0.1, -0.05) is 18.2 Å². The number of benzene rings is 1. The van der Waals surface area contributed by atoms with Gasteiger partial charge in [-0.3, -0.25) is 9.78 Å². The summed E-state index contributed by atoms with van der Waals surface area (Å²) in [5, 5.41) is 0.985. The molecule has 2 nitrogen and oxygen atoms in total. The van der Waals surface area contributed by atoms with Crippen LogP contribution in [0.25, 0.3) is 10.9 Å². The molecule has 0 atom stereocenters. The highest BCUT2D eigenvalue weighted by Gasteiger charge is 2.14. The highest BCUT2D eigenvalue weighted by atomic mass is 79.9. The van der Waals surface area contributed by atoms with Crippen LogP contribution in [0.4, 0.5) is 0 Å². The van der Waals surface area contributed by atoms with E-state index in [9.17, 15) is 4.79 Å². The van der Waals surface area contributed by atoms with E-state index in [2.05, 4.69) is 20.9 Å². The zero-order chi connectivity index (χ0) is 12.5. The van der Waals surface area contributed by atoms with Crippen LogP contribution >= 0.6 is 27.3 Å². The molecule has 0 radical (unpaired) electrons. The fourth-order valence-corrected chi connectivity index (χ4v) is 3.20. The summed E-state index contributed by atoms with van der Waals surface area (Å²) in [6, 6.07) is 13.2. The number of halogens is 1. The van der Waals surface area contributed by atoms with Gasteiger partial charge in [0.15, 0.2) is 0 Å². The van der Waals surface area contributed by atoms with E-state index in [4.69, 9.17) is 0 Å². The molecule has 0 N–H and O–H groups in total. The number of fused-ring (bicyclic) bond motifs is 1. The molecule has 0 fully saturated rings. The van der Waals surface area contributed by atoms with E-state index < -0.39 is 0 Å². The lowest BCUT2D eigenvalue weighted by Crippen LogP contribution is -2.00. The smallest absolute Gasteiger partial charge is 0.205 e. The molecule has 3 aromatic rings. The van der Waals surface area contributed by atoms with Crippen LogP contribution in [0.5, 0.6) is 0 Å².